The van der Waals surface area contributed by atoms with E-state index in [0.717, 1.165) is 59.1 Å². The molecule has 0 atom stereocenters. The molecule has 4 N–H and O–H groups in total. The second-order valence-electron chi connectivity index (χ2n) is 10.6. The summed E-state index contributed by atoms with van der Waals surface area (Å²) in [5.41, 5.74) is 19.5. The third-order valence-corrected chi connectivity index (χ3v) is 7.76. The first-order valence-electron chi connectivity index (χ1n) is 12.8. The van der Waals surface area contributed by atoms with E-state index in [1.807, 2.05) is 42.5 Å². The van der Waals surface area contributed by atoms with E-state index in [1.54, 1.807) is 6.20 Å². The van der Waals surface area contributed by atoms with Crippen molar-refractivity contribution in [2.45, 2.75) is 25.4 Å². The van der Waals surface area contributed by atoms with E-state index in [1.165, 1.54) is 18.4 Å². The minimum Gasteiger partial charge on any atom is -0.383 e. The Hall–Kier alpha value is -4.07. The minimum absolute atomic E-state index is 0.408. The number of hydrogen-bond acceptors (Lipinski definition) is 6. The highest BCUT2D eigenvalue weighted by atomic mass is 15.2. The van der Waals surface area contributed by atoms with E-state index in [2.05, 4.69) is 50.8 Å². The molecule has 0 radical (unpaired) electrons. The fourth-order valence-electron chi connectivity index (χ4n) is 6.09. The van der Waals surface area contributed by atoms with Gasteiger partial charge in [0.05, 0.1) is 11.3 Å². The largest absolute Gasteiger partial charge is 0.383 e. The van der Waals surface area contributed by atoms with Crippen molar-refractivity contribution in [2.75, 3.05) is 18.8 Å². The lowest BCUT2D eigenvalue weighted by molar-refractivity contribution is -0.0752. The molecule has 1 saturated carbocycles. The highest BCUT2D eigenvalue weighted by Gasteiger charge is 2.50. The summed E-state index contributed by atoms with van der Waals surface area (Å²) in [6, 6.07) is 27.2. The SMILES string of the molecule is Nc1ncccc1-c1nc2ccc(-c3ccccc3)nc2n1-c1ccc(CN2CC3(CC(N)C3)C2)cc1. The number of anilines is 1. The van der Waals surface area contributed by atoms with E-state index in [4.69, 9.17) is 21.4 Å². The van der Waals surface area contributed by atoms with Crippen LogP contribution in [0.25, 0.3) is 39.5 Å². The number of benzene rings is 2. The first kappa shape index (κ1) is 22.2. The Bertz CT molecular complexity index is 1580. The predicted molar refractivity (Wildman–Crippen MR) is 147 cm³/mol. The number of nitrogens with zero attached hydrogens (tertiary/aromatic N) is 5. The smallest absolute Gasteiger partial charge is 0.165 e. The van der Waals surface area contributed by atoms with Gasteiger partial charge in [-0.3, -0.25) is 9.47 Å². The molecular weight excluding hydrogens is 458 g/mol. The molecule has 0 unspecified atom stereocenters. The summed E-state index contributed by atoms with van der Waals surface area (Å²) in [5, 5.41) is 0. The average molecular weight is 488 g/mol. The van der Waals surface area contributed by atoms with Gasteiger partial charge in [-0.2, -0.15) is 0 Å². The number of pyridine rings is 2. The lowest BCUT2D eigenvalue weighted by Crippen LogP contribution is -2.64. The Morgan fingerprint density at radius 2 is 1.65 bits per heavy atom. The number of rotatable bonds is 5. The van der Waals surface area contributed by atoms with Crippen molar-refractivity contribution in [1.82, 2.24) is 24.4 Å². The highest BCUT2D eigenvalue weighted by molar-refractivity contribution is 5.84. The third-order valence-electron chi connectivity index (χ3n) is 7.76. The van der Waals surface area contributed by atoms with Crippen LogP contribution in [-0.4, -0.2) is 43.6 Å². The van der Waals surface area contributed by atoms with Crippen LogP contribution in [0, 0.1) is 5.41 Å². The lowest BCUT2D eigenvalue weighted by atomic mass is 9.61. The van der Waals surface area contributed by atoms with Crippen molar-refractivity contribution in [3.63, 3.8) is 0 Å². The van der Waals surface area contributed by atoms with Gasteiger partial charge in [-0.05, 0) is 60.2 Å². The Morgan fingerprint density at radius 1 is 0.865 bits per heavy atom. The molecule has 0 amide bonds. The van der Waals surface area contributed by atoms with E-state index >= 15 is 0 Å². The molecule has 2 aromatic carbocycles. The fourth-order valence-corrected chi connectivity index (χ4v) is 6.09. The normalized spacial score (nSPS) is 17.1. The Morgan fingerprint density at radius 3 is 2.38 bits per heavy atom. The fraction of sp³-hybridized carbons (Fsp3) is 0.233. The van der Waals surface area contributed by atoms with E-state index in [9.17, 15) is 0 Å². The summed E-state index contributed by atoms with van der Waals surface area (Å²) in [6.07, 6.45) is 4.05. The van der Waals surface area contributed by atoms with Crippen molar-refractivity contribution in [3.8, 4) is 28.3 Å². The van der Waals surface area contributed by atoms with E-state index in [-0.39, 0.29) is 0 Å². The van der Waals surface area contributed by atoms with Gasteiger partial charge in [-0.15, -0.1) is 0 Å². The van der Waals surface area contributed by atoms with Gasteiger partial charge in [0.1, 0.15) is 11.3 Å². The van der Waals surface area contributed by atoms with Crippen LogP contribution in [0.1, 0.15) is 18.4 Å². The van der Waals surface area contributed by atoms with E-state index < -0.39 is 0 Å². The van der Waals surface area contributed by atoms with Gasteiger partial charge in [0.15, 0.2) is 11.5 Å². The summed E-state index contributed by atoms with van der Waals surface area (Å²) < 4.78 is 2.09. The minimum atomic E-state index is 0.408. The molecule has 184 valence electrons. The standard InChI is InChI=1S/C30H29N7/c31-22-15-30(16-22)18-36(19-30)17-20-8-10-23(11-9-20)37-28(24-7-4-14-33-27(24)32)35-26-13-12-25(34-29(26)37)21-5-2-1-3-6-21/h1-14,22H,15-19,31H2,(H2,32,33). The average Bonchev–Trinajstić information content (AvgIpc) is 3.26. The zero-order chi connectivity index (χ0) is 25.0. The van der Waals surface area contributed by atoms with Crippen molar-refractivity contribution >= 4 is 17.0 Å². The van der Waals surface area contributed by atoms with Gasteiger partial charge in [0, 0.05) is 43.1 Å². The van der Waals surface area contributed by atoms with Crippen molar-refractivity contribution in [3.05, 3.63) is 90.6 Å². The molecule has 0 bridgehead atoms. The van der Waals surface area contributed by atoms with Crippen LogP contribution in [0.5, 0.6) is 0 Å². The molecule has 7 heteroatoms. The van der Waals surface area contributed by atoms with Gasteiger partial charge in [-0.1, -0.05) is 42.5 Å². The number of hydrogen-bond donors (Lipinski definition) is 2. The molecule has 37 heavy (non-hydrogen) atoms. The number of nitrogen functional groups attached to an aromatic ring is 1. The lowest BCUT2D eigenvalue weighted by Gasteiger charge is -2.58. The maximum absolute atomic E-state index is 6.29. The van der Waals surface area contributed by atoms with Gasteiger partial charge in [0.2, 0.25) is 0 Å². The summed E-state index contributed by atoms with van der Waals surface area (Å²) in [5.74, 6) is 1.18. The summed E-state index contributed by atoms with van der Waals surface area (Å²) in [7, 11) is 0. The number of imidazole rings is 1. The Balaban J connectivity index is 1.27. The van der Waals surface area contributed by atoms with Gasteiger partial charge >= 0.3 is 0 Å². The monoisotopic (exact) mass is 487 g/mol. The molecule has 1 saturated heterocycles. The second kappa shape index (κ2) is 8.50. The number of fused-ring (bicyclic) bond motifs is 1. The molecule has 7 rings (SSSR count). The molecular formula is C30H29N7. The van der Waals surface area contributed by atoms with Crippen LogP contribution in [-0.2, 0) is 6.54 Å². The van der Waals surface area contributed by atoms with Gasteiger partial charge < -0.3 is 11.5 Å². The van der Waals surface area contributed by atoms with Crippen LogP contribution < -0.4 is 11.5 Å². The van der Waals surface area contributed by atoms with Crippen LogP contribution in [0.3, 0.4) is 0 Å². The molecule has 2 fully saturated rings. The molecule has 7 nitrogen and oxygen atoms in total. The molecule has 5 aromatic rings. The molecule has 3 aromatic heterocycles. The highest BCUT2D eigenvalue weighted by Crippen LogP contribution is 2.47. The molecule has 1 spiro atoms. The first-order valence-corrected chi connectivity index (χ1v) is 12.8. The van der Waals surface area contributed by atoms with Crippen molar-refractivity contribution < 1.29 is 0 Å². The van der Waals surface area contributed by atoms with Crippen molar-refractivity contribution in [2.24, 2.45) is 11.1 Å². The van der Waals surface area contributed by atoms with Crippen LogP contribution in [0.15, 0.2) is 85.1 Å². The molecule has 2 aliphatic rings. The molecule has 1 aliphatic heterocycles. The summed E-state index contributed by atoms with van der Waals surface area (Å²) in [6.45, 7) is 3.28. The van der Waals surface area contributed by atoms with Gasteiger partial charge in [-0.25, -0.2) is 15.0 Å². The van der Waals surface area contributed by atoms with E-state index in [0.29, 0.717) is 17.3 Å². The maximum Gasteiger partial charge on any atom is 0.165 e. The first-order chi connectivity index (χ1) is 18.1. The number of aromatic nitrogens is 4. The van der Waals surface area contributed by atoms with Crippen LogP contribution in [0.4, 0.5) is 5.82 Å². The topological polar surface area (TPSA) is 98.9 Å². The molecule has 1 aliphatic carbocycles. The summed E-state index contributed by atoms with van der Waals surface area (Å²) in [4.78, 5) is 16.8. The number of likely N-dealkylation sites (tertiary alicyclic amines) is 1. The zero-order valence-corrected chi connectivity index (χ0v) is 20.6. The third kappa shape index (κ3) is 3.87. The molecule has 4 heterocycles. The zero-order valence-electron chi connectivity index (χ0n) is 20.6. The Kier molecular flexibility index (Phi) is 5.09. The predicted octanol–water partition coefficient (Wildman–Crippen LogP) is 4.65. The summed E-state index contributed by atoms with van der Waals surface area (Å²) >= 11 is 0. The quantitative estimate of drug-likeness (QED) is 0.374. The number of nitrogens with two attached hydrogens (primary N) is 2. The Labute approximate surface area is 215 Å². The van der Waals surface area contributed by atoms with Crippen LogP contribution in [0.2, 0.25) is 0 Å². The second-order valence-corrected chi connectivity index (χ2v) is 10.6. The maximum atomic E-state index is 6.29. The van der Waals surface area contributed by atoms with Crippen LogP contribution >= 0.6 is 0 Å². The van der Waals surface area contributed by atoms with Gasteiger partial charge in [0.25, 0.3) is 0 Å². The van der Waals surface area contributed by atoms with Crippen molar-refractivity contribution in [1.29, 1.82) is 0 Å².